The number of methoxy groups -OCH3 is 1. The van der Waals surface area contributed by atoms with Gasteiger partial charge < -0.3 is 25.4 Å². The Balaban J connectivity index is 2.50. The highest BCUT2D eigenvalue weighted by molar-refractivity contribution is 5.23. The summed E-state index contributed by atoms with van der Waals surface area (Å²) in [7, 11) is 0.988. The molecule has 0 amide bonds. The minimum absolute atomic E-state index is 0.145. The predicted octanol–water partition coefficient (Wildman–Crippen LogP) is -1.31. The molecule has 4 N–H and O–H groups in total. The highest BCUT2D eigenvalue weighted by Gasteiger charge is 2.67. The molecule has 1 fully saturated rings. The Morgan fingerprint density at radius 1 is 1.65 bits per heavy atom. The molecule has 0 saturated carbocycles. The van der Waals surface area contributed by atoms with Gasteiger partial charge in [-0.15, -0.1) is 0 Å². The third-order valence-electron chi connectivity index (χ3n) is 3.09. The average molecular weight is 293 g/mol. The Labute approximate surface area is 111 Å². The van der Waals surface area contributed by atoms with Crippen molar-refractivity contribution in [1.82, 2.24) is 9.55 Å². The first kappa shape index (κ1) is 14.8. The Bertz CT molecular complexity index is 560. The molecular formula is C10H13F2N3O5. The van der Waals surface area contributed by atoms with Gasteiger partial charge in [-0.2, -0.15) is 13.8 Å². The van der Waals surface area contributed by atoms with Crippen LogP contribution >= 0.6 is 0 Å². The van der Waals surface area contributed by atoms with Crippen LogP contribution in [0.1, 0.15) is 6.23 Å². The highest BCUT2D eigenvalue weighted by atomic mass is 19.3. The van der Waals surface area contributed by atoms with Crippen molar-refractivity contribution in [3.63, 3.8) is 0 Å². The van der Waals surface area contributed by atoms with Crippen molar-refractivity contribution in [2.45, 2.75) is 24.0 Å². The van der Waals surface area contributed by atoms with Gasteiger partial charge in [0.2, 0.25) is 12.0 Å². The minimum atomic E-state index is -3.87. The Morgan fingerprint density at radius 3 is 2.75 bits per heavy atom. The van der Waals surface area contributed by atoms with Gasteiger partial charge in [-0.05, 0) is 6.07 Å². The molecule has 2 heterocycles. The van der Waals surface area contributed by atoms with Crippen LogP contribution in [0.15, 0.2) is 17.1 Å². The number of halogens is 2. The zero-order valence-electron chi connectivity index (χ0n) is 10.4. The van der Waals surface area contributed by atoms with Crippen molar-refractivity contribution < 1.29 is 28.5 Å². The zero-order valence-corrected chi connectivity index (χ0v) is 10.4. The summed E-state index contributed by atoms with van der Waals surface area (Å²) in [5, 5.41) is 18.8. The maximum atomic E-state index is 14.1. The number of hydrogen-bond donors (Lipinski definition) is 3. The summed E-state index contributed by atoms with van der Waals surface area (Å²) >= 11 is 0. The highest BCUT2D eigenvalue weighted by Crippen LogP contribution is 2.47. The fourth-order valence-electron chi connectivity index (χ4n) is 1.95. The summed E-state index contributed by atoms with van der Waals surface area (Å²) in [6, 6.07) is 1.12. The number of hydrogen-bond acceptors (Lipinski definition) is 7. The van der Waals surface area contributed by atoms with E-state index in [1.165, 1.54) is 0 Å². The summed E-state index contributed by atoms with van der Waals surface area (Å²) in [5.74, 6) is -6.34. The van der Waals surface area contributed by atoms with E-state index in [9.17, 15) is 18.7 Å². The van der Waals surface area contributed by atoms with E-state index in [1.807, 2.05) is 0 Å². The lowest BCUT2D eigenvalue weighted by molar-refractivity contribution is -0.270. The summed E-state index contributed by atoms with van der Waals surface area (Å²) in [4.78, 5) is 14.9. The molecule has 1 aliphatic heterocycles. The number of aliphatic hydroxyl groups excluding tert-OH is 2. The first-order valence-electron chi connectivity index (χ1n) is 5.53. The van der Waals surface area contributed by atoms with Crippen LogP contribution in [0.25, 0.3) is 0 Å². The summed E-state index contributed by atoms with van der Waals surface area (Å²) in [5.41, 5.74) is 4.18. The van der Waals surface area contributed by atoms with Crippen molar-refractivity contribution in [2.75, 3.05) is 19.5 Å². The molecule has 1 aromatic rings. The summed E-state index contributed by atoms with van der Waals surface area (Å²) in [6.07, 6.45) is -3.68. The Hall–Kier alpha value is -1.62. The first-order chi connectivity index (χ1) is 9.28. The number of nitrogens with two attached hydrogens (primary N) is 1. The fraction of sp³-hybridized carbons (Fsp3) is 0.600. The van der Waals surface area contributed by atoms with E-state index >= 15 is 0 Å². The van der Waals surface area contributed by atoms with Crippen LogP contribution in [0.5, 0.6) is 0 Å². The van der Waals surface area contributed by atoms with Gasteiger partial charge in [-0.1, -0.05) is 0 Å². The number of rotatable bonds is 3. The predicted molar refractivity (Wildman–Crippen MR) is 60.8 cm³/mol. The van der Waals surface area contributed by atoms with Gasteiger partial charge in [0.05, 0.1) is 0 Å². The first-order valence-corrected chi connectivity index (χ1v) is 5.53. The fourth-order valence-corrected chi connectivity index (χ4v) is 1.95. The van der Waals surface area contributed by atoms with Crippen LogP contribution in [0.3, 0.4) is 0 Å². The lowest BCUT2D eigenvalue weighted by atomic mass is 10.1. The Kier molecular flexibility index (Phi) is 3.50. The standard InChI is InChI=1S/C10H13F2N3O5/c1-19-9(4-16)6(17)10(11,12)7(20-9)15-3-2-5(13)14-8(15)18/h2-3,6-7,16-17H,4H2,1H3,(H2,13,14,18)/t6-,7-,9-/m1/s1. The van der Waals surface area contributed by atoms with Gasteiger partial charge >= 0.3 is 11.6 Å². The molecule has 112 valence electrons. The number of nitrogen functional groups attached to an aromatic ring is 1. The van der Waals surface area contributed by atoms with Gasteiger partial charge in [0, 0.05) is 13.3 Å². The van der Waals surface area contributed by atoms with Crippen LogP contribution < -0.4 is 11.4 Å². The number of aromatic nitrogens is 2. The van der Waals surface area contributed by atoms with E-state index in [0.717, 1.165) is 19.4 Å². The molecular weight excluding hydrogens is 280 g/mol. The largest absolute Gasteiger partial charge is 0.391 e. The molecule has 20 heavy (non-hydrogen) atoms. The lowest BCUT2D eigenvalue weighted by Crippen LogP contribution is -2.50. The Morgan fingerprint density at radius 2 is 2.30 bits per heavy atom. The lowest BCUT2D eigenvalue weighted by Gasteiger charge is -2.27. The molecule has 0 aliphatic carbocycles. The van der Waals surface area contributed by atoms with Crippen LogP contribution in [0, 0.1) is 0 Å². The quantitative estimate of drug-likeness (QED) is 0.632. The number of aliphatic hydroxyl groups is 2. The maximum absolute atomic E-state index is 14.1. The average Bonchev–Trinajstić information content (AvgIpc) is 2.60. The SMILES string of the molecule is CO[C@]1(CO)O[C@@H](n2ccc(N)nc2=O)C(F)(F)[C@@H]1O. The van der Waals surface area contributed by atoms with Gasteiger partial charge in [0.15, 0.2) is 6.10 Å². The summed E-state index contributed by atoms with van der Waals surface area (Å²) in [6.45, 7) is -1.02. The third kappa shape index (κ3) is 1.97. The molecule has 1 aromatic heterocycles. The van der Waals surface area contributed by atoms with Crippen molar-refractivity contribution >= 4 is 5.82 Å². The van der Waals surface area contributed by atoms with Crippen LogP contribution in [-0.4, -0.2) is 51.3 Å². The van der Waals surface area contributed by atoms with Crippen molar-refractivity contribution in [2.24, 2.45) is 0 Å². The topological polar surface area (TPSA) is 120 Å². The number of nitrogens with zero attached hydrogens (tertiary/aromatic N) is 2. The number of ether oxygens (including phenoxy) is 2. The van der Waals surface area contributed by atoms with E-state index in [1.54, 1.807) is 0 Å². The van der Waals surface area contributed by atoms with E-state index in [0.29, 0.717) is 4.57 Å². The normalized spacial score (nSPS) is 32.5. The second kappa shape index (κ2) is 4.74. The molecule has 1 aliphatic rings. The van der Waals surface area contributed by atoms with Crippen molar-refractivity contribution in [3.05, 3.63) is 22.7 Å². The van der Waals surface area contributed by atoms with E-state index in [2.05, 4.69) is 9.72 Å². The molecule has 0 aromatic carbocycles. The molecule has 3 atom stereocenters. The molecule has 0 spiro atoms. The van der Waals surface area contributed by atoms with E-state index < -0.39 is 36.3 Å². The van der Waals surface area contributed by atoms with Gasteiger partial charge in [0.25, 0.3) is 0 Å². The molecule has 8 nitrogen and oxygen atoms in total. The number of anilines is 1. The molecule has 2 rings (SSSR count). The van der Waals surface area contributed by atoms with E-state index in [4.69, 9.17) is 15.6 Å². The van der Waals surface area contributed by atoms with E-state index in [-0.39, 0.29) is 5.82 Å². The maximum Gasteiger partial charge on any atom is 0.351 e. The van der Waals surface area contributed by atoms with Gasteiger partial charge in [0.1, 0.15) is 12.4 Å². The van der Waals surface area contributed by atoms with Crippen LogP contribution in [-0.2, 0) is 9.47 Å². The van der Waals surface area contributed by atoms with Gasteiger partial charge in [-0.3, -0.25) is 4.57 Å². The molecule has 0 radical (unpaired) electrons. The number of alkyl halides is 2. The second-order valence-electron chi connectivity index (χ2n) is 4.26. The van der Waals surface area contributed by atoms with Gasteiger partial charge in [-0.25, -0.2) is 4.79 Å². The second-order valence-corrected chi connectivity index (χ2v) is 4.26. The third-order valence-corrected chi connectivity index (χ3v) is 3.09. The molecule has 10 heteroatoms. The summed E-state index contributed by atoms with van der Waals surface area (Å²) < 4.78 is 38.1. The zero-order chi connectivity index (χ0) is 15.1. The molecule has 1 saturated heterocycles. The van der Waals surface area contributed by atoms with Crippen LogP contribution in [0.2, 0.25) is 0 Å². The minimum Gasteiger partial charge on any atom is -0.391 e. The molecule has 0 unspecified atom stereocenters. The monoisotopic (exact) mass is 293 g/mol. The smallest absolute Gasteiger partial charge is 0.351 e. The molecule has 0 bridgehead atoms. The van der Waals surface area contributed by atoms with Crippen molar-refractivity contribution in [3.8, 4) is 0 Å². The van der Waals surface area contributed by atoms with Crippen molar-refractivity contribution in [1.29, 1.82) is 0 Å². The van der Waals surface area contributed by atoms with Crippen LogP contribution in [0.4, 0.5) is 14.6 Å².